The molecule has 188 valence electrons. The van der Waals surface area contributed by atoms with E-state index < -0.39 is 0 Å². The number of hydrogen-bond acceptors (Lipinski definition) is 7. The van der Waals surface area contributed by atoms with Gasteiger partial charge in [0.1, 0.15) is 0 Å². The second kappa shape index (κ2) is 29.7. The van der Waals surface area contributed by atoms with Crippen LogP contribution >= 0.6 is 0 Å². The highest BCUT2D eigenvalue weighted by Gasteiger charge is 1.95. The molecule has 0 bridgehead atoms. The van der Waals surface area contributed by atoms with Crippen LogP contribution in [0.1, 0.15) is 65.2 Å². The standard InChI is InChI=1S/C24H50O7/c1-3-5-7-8-10-12-26-14-16-28-18-20-30-22-24-31-23-21-29-19-17-27-15-13-25-11-9-6-4-2/h3-24H2,1-2H3. The molecule has 0 atom stereocenters. The molecule has 0 aromatic carbocycles. The van der Waals surface area contributed by atoms with Crippen LogP contribution in [0.5, 0.6) is 0 Å². The van der Waals surface area contributed by atoms with E-state index in [1.807, 2.05) is 0 Å². The summed E-state index contributed by atoms with van der Waals surface area (Å²) in [4.78, 5) is 0. The Morgan fingerprint density at radius 1 is 0.258 bits per heavy atom. The number of rotatable bonds is 28. The van der Waals surface area contributed by atoms with E-state index >= 15 is 0 Å². The highest BCUT2D eigenvalue weighted by molar-refractivity contribution is 4.42. The van der Waals surface area contributed by atoms with E-state index in [0.29, 0.717) is 79.3 Å². The zero-order valence-electron chi connectivity index (χ0n) is 20.4. The van der Waals surface area contributed by atoms with Gasteiger partial charge in [-0.3, -0.25) is 0 Å². The molecule has 0 heterocycles. The normalized spacial score (nSPS) is 11.4. The molecule has 31 heavy (non-hydrogen) atoms. The number of hydrogen-bond donors (Lipinski definition) is 0. The Labute approximate surface area is 191 Å². The molecule has 0 aliphatic heterocycles. The minimum absolute atomic E-state index is 0.566. The van der Waals surface area contributed by atoms with Crippen LogP contribution in [0.15, 0.2) is 0 Å². The molecule has 0 spiro atoms. The van der Waals surface area contributed by atoms with Crippen LogP contribution in [-0.2, 0) is 33.2 Å². The summed E-state index contributed by atoms with van der Waals surface area (Å²) in [6.07, 6.45) is 9.92. The SMILES string of the molecule is CCCCCCCOCCOCCOCCOCCOCCOCCOCCCCC. The third-order valence-corrected chi connectivity index (χ3v) is 4.52. The summed E-state index contributed by atoms with van der Waals surface area (Å²) in [5, 5.41) is 0. The van der Waals surface area contributed by atoms with Crippen LogP contribution in [-0.4, -0.2) is 92.5 Å². The lowest BCUT2D eigenvalue weighted by molar-refractivity contribution is -0.0206. The molecule has 0 fully saturated rings. The molecule has 7 nitrogen and oxygen atoms in total. The van der Waals surface area contributed by atoms with Crippen molar-refractivity contribution in [1.29, 1.82) is 0 Å². The van der Waals surface area contributed by atoms with Crippen LogP contribution < -0.4 is 0 Å². The van der Waals surface area contributed by atoms with Gasteiger partial charge in [-0.2, -0.15) is 0 Å². The van der Waals surface area contributed by atoms with Crippen LogP contribution in [0, 0.1) is 0 Å². The first-order valence-corrected chi connectivity index (χ1v) is 12.5. The maximum atomic E-state index is 5.54. The van der Waals surface area contributed by atoms with Crippen molar-refractivity contribution in [2.24, 2.45) is 0 Å². The Morgan fingerprint density at radius 3 is 0.806 bits per heavy atom. The predicted octanol–water partition coefficient (Wildman–Crippen LogP) is 4.26. The van der Waals surface area contributed by atoms with Crippen molar-refractivity contribution in [2.45, 2.75) is 65.2 Å². The first-order chi connectivity index (χ1) is 15.4. The molecule has 0 N–H and O–H groups in total. The minimum Gasteiger partial charge on any atom is -0.379 e. The van der Waals surface area contributed by atoms with Gasteiger partial charge in [0, 0.05) is 13.2 Å². The average Bonchev–Trinajstić information content (AvgIpc) is 2.78. The molecule has 0 aliphatic rings. The Kier molecular flexibility index (Phi) is 29.5. The Morgan fingerprint density at radius 2 is 0.484 bits per heavy atom. The molecular formula is C24H50O7. The lowest BCUT2D eigenvalue weighted by Gasteiger charge is -2.08. The Hall–Kier alpha value is -0.280. The Balaban J connectivity index is 2.98. The quantitative estimate of drug-likeness (QED) is 0.165. The van der Waals surface area contributed by atoms with Crippen molar-refractivity contribution in [3.05, 3.63) is 0 Å². The summed E-state index contributed by atoms with van der Waals surface area (Å²) in [6, 6.07) is 0. The van der Waals surface area contributed by atoms with Crippen molar-refractivity contribution < 1.29 is 33.2 Å². The summed E-state index contributed by atoms with van der Waals surface area (Å²) in [5.74, 6) is 0. The first kappa shape index (κ1) is 30.7. The van der Waals surface area contributed by atoms with E-state index in [-0.39, 0.29) is 0 Å². The van der Waals surface area contributed by atoms with Gasteiger partial charge in [-0.1, -0.05) is 52.4 Å². The largest absolute Gasteiger partial charge is 0.379 e. The molecule has 0 saturated heterocycles. The first-order valence-electron chi connectivity index (χ1n) is 12.5. The fourth-order valence-electron chi connectivity index (χ4n) is 2.68. The smallest absolute Gasteiger partial charge is 0.0701 e. The van der Waals surface area contributed by atoms with Crippen molar-refractivity contribution in [1.82, 2.24) is 0 Å². The minimum atomic E-state index is 0.566. The maximum absolute atomic E-state index is 5.54. The zero-order chi connectivity index (χ0) is 22.5. The van der Waals surface area contributed by atoms with Crippen LogP contribution in [0.3, 0.4) is 0 Å². The molecular weight excluding hydrogens is 400 g/mol. The van der Waals surface area contributed by atoms with Gasteiger partial charge >= 0.3 is 0 Å². The third-order valence-electron chi connectivity index (χ3n) is 4.52. The molecule has 0 unspecified atom stereocenters. The lowest BCUT2D eigenvalue weighted by Crippen LogP contribution is -2.14. The summed E-state index contributed by atoms with van der Waals surface area (Å²) in [5.41, 5.74) is 0. The summed E-state index contributed by atoms with van der Waals surface area (Å²) < 4.78 is 38.3. The molecule has 0 saturated carbocycles. The number of unbranched alkanes of at least 4 members (excludes halogenated alkanes) is 6. The average molecular weight is 451 g/mol. The fraction of sp³-hybridized carbons (Fsp3) is 1.00. The summed E-state index contributed by atoms with van der Waals surface area (Å²) >= 11 is 0. The predicted molar refractivity (Wildman–Crippen MR) is 124 cm³/mol. The third kappa shape index (κ3) is 29.7. The van der Waals surface area contributed by atoms with Gasteiger partial charge < -0.3 is 33.2 Å². The highest BCUT2D eigenvalue weighted by atomic mass is 16.6. The fourth-order valence-corrected chi connectivity index (χ4v) is 2.68. The van der Waals surface area contributed by atoms with E-state index in [1.165, 1.54) is 38.5 Å². The lowest BCUT2D eigenvalue weighted by atomic mass is 10.2. The van der Waals surface area contributed by atoms with Gasteiger partial charge in [0.05, 0.1) is 79.3 Å². The molecule has 0 radical (unpaired) electrons. The van der Waals surface area contributed by atoms with Crippen molar-refractivity contribution in [3.8, 4) is 0 Å². The van der Waals surface area contributed by atoms with E-state index in [9.17, 15) is 0 Å². The molecule has 0 rings (SSSR count). The monoisotopic (exact) mass is 450 g/mol. The second-order valence-electron chi connectivity index (χ2n) is 7.41. The van der Waals surface area contributed by atoms with Crippen molar-refractivity contribution in [2.75, 3.05) is 92.5 Å². The molecule has 0 aromatic heterocycles. The van der Waals surface area contributed by atoms with Gasteiger partial charge in [-0.25, -0.2) is 0 Å². The van der Waals surface area contributed by atoms with Gasteiger partial charge in [0.25, 0.3) is 0 Å². The molecule has 0 aliphatic carbocycles. The maximum Gasteiger partial charge on any atom is 0.0701 e. The second-order valence-corrected chi connectivity index (χ2v) is 7.41. The van der Waals surface area contributed by atoms with E-state index in [2.05, 4.69) is 13.8 Å². The van der Waals surface area contributed by atoms with Crippen LogP contribution in [0.2, 0.25) is 0 Å². The van der Waals surface area contributed by atoms with Gasteiger partial charge in [-0.15, -0.1) is 0 Å². The van der Waals surface area contributed by atoms with E-state index in [0.717, 1.165) is 26.1 Å². The van der Waals surface area contributed by atoms with Crippen LogP contribution in [0.25, 0.3) is 0 Å². The van der Waals surface area contributed by atoms with Gasteiger partial charge in [0.2, 0.25) is 0 Å². The van der Waals surface area contributed by atoms with E-state index in [1.54, 1.807) is 0 Å². The van der Waals surface area contributed by atoms with Crippen molar-refractivity contribution in [3.63, 3.8) is 0 Å². The molecule has 7 heteroatoms. The topological polar surface area (TPSA) is 64.6 Å². The molecule has 0 aromatic rings. The van der Waals surface area contributed by atoms with Crippen LogP contribution in [0.4, 0.5) is 0 Å². The highest BCUT2D eigenvalue weighted by Crippen LogP contribution is 2.02. The summed E-state index contributed by atoms with van der Waals surface area (Å²) in [7, 11) is 0. The van der Waals surface area contributed by atoms with Gasteiger partial charge in [-0.05, 0) is 12.8 Å². The van der Waals surface area contributed by atoms with Gasteiger partial charge in [0.15, 0.2) is 0 Å². The van der Waals surface area contributed by atoms with Crippen molar-refractivity contribution >= 4 is 0 Å². The summed E-state index contributed by atoms with van der Waals surface area (Å²) in [6.45, 7) is 13.3. The van der Waals surface area contributed by atoms with E-state index in [4.69, 9.17) is 33.2 Å². The Bertz CT molecular complexity index is 278. The zero-order valence-corrected chi connectivity index (χ0v) is 20.4. The number of ether oxygens (including phenoxy) is 7. The molecule has 0 amide bonds.